The molecule has 3 heteroatoms. The third-order valence-corrected chi connectivity index (χ3v) is 4.06. The van der Waals surface area contributed by atoms with Gasteiger partial charge in [-0.15, -0.1) is 0 Å². The Labute approximate surface area is 112 Å². The molecule has 1 fully saturated rings. The summed E-state index contributed by atoms with van der Waals surface area (Å²) in [5, 5.41) is 3.58. The fourth-order valence-corrected chi connectivity index (χ4v) is 2.98. The average molecular weight is 254 g/mol. The van der Waals surface area contributed by atoms with E-state index in [4.69, 9.17) is 0 Å². The molecule has 1 amide bonds. The van der Waals surface area contributed by atoms with Gasteiger partial charge < -0.3 is 10.2 Å². The first-order valence-electron chi connectivity index (χ1n) is 6.92. The number of nitrogens with zero attached hydrogens (tertiary/aromatic N) is 1. The Morgan fingerprint density at radius 3 is 1.83 bits per heavy atom. The van der Waals surface area contributed by atoms with Gasteiger partial charge in [0.2, 0.25) is 5.91 Å². The predicted molar refractivity (Wildman–Crippen MR) is 76.4 cm³/mol. The van der Waals surface area contributed by atoms with Crippen LogP contribution in [0.4, 0.5) is 0 Å². The number of hydrogen-bond donors (Lipinski definition) is 1. The zero-order chi connectivity index (χ0) is 14.3. The second kappa shape index (κ2) is 4.84. The maximum Gasteiger partial charge on any atom is 0.239 e. The van der Waals surface area contributed by atoms with Crippen LogP contribution in [0.5, 0.6) is 0 Å². The second-order valence-electron chi connectivity index (χ2n) is 8.00. The standard InChI is InChI=1S/C15H30N2O/c1-14(2,3)10-9-11(13(18)17(7)8)16-12(10)15(4,5)6/h10-12,16H,9H2,1-8H3. The van der Waals surface area contributed by atoms with Crippen LogP contribution in [0.2, 0.25) is 0 Å². The van der Waals surface area contributed by atoms with E-state index in [1.54, 1.807) is 4.90 Å². The van der Waals surface area contributed by atoms with Gasteiger partial charge in [-0.3, -0.25) is 4.79 Å². The van der Waals surface area contributed by atoms with Crippen LogP contribution in [0.25, 0.3) is 0 Å². The molecule has 3 atom stereocenters. The van der Waals surface area contributed by atoms with Crippen molar-refractivity contribution in [1.82, 2.24) is 10.2 Å². The Bertz CT molecular complexity index is 287. The van der Waals surface area contributed by atoms with Gasteiger partial charge >= 0.3 is 0 Å². The van der Waals surface area contributed by atoms with E-state index >= 15 is 0 Å². The molecule has 18 heavy (non-hydrogen) atoms. The zero-order valence-electron chi connectivity index (χ0n) is 13.3. The summed E-state index contributed by atoms with van der Waals surface area (Å²) in [5.41, 5.74) is 0.408. The van der Waals surface area contributed by atoms with Gasteiger partial charge in [0.25, 0.3) is 0 Å². The van der Waals surface area contributed by atoms with E-state index in [0.717, 1.165) is 6.42 Å². The van der Waals surface area contributed by atoms with Crippen molar-refractivity contribution in [1.29, 1.82) is 0 Å². The van der Waals surface area contributed by atoms with Crippen LogP contribution in [0.3, 0.4) is 0 Å². The molecule has 1 saturated heterocycles. The molecule has 0 radical (unpaired) electrons. The van der Waals surface area contributed by atoms with Gasteiger partial charge in [-0.25, -0.2) is 0 Å². The zero-order valence-corrected chi connectivity index (χ0v) is 13.3. The number of hydrogen-bond acceptors (Lipinski definition) is 2. The summed E-state index contributed by atoms with van der Waals surface area (Å²) in [5.74, 6) is 0.738. The summed E-state index contributed by atoms with van der Waals surface area (Å²) in [6.45, 7) is 13.6. The Balaban J connectivity index is 2.94. The van der Waals surface area contributed by atoms with Crippen molar-refractivity contribution in [3.05, 3.63) is 0 Å². The van der Waals surface area contributed by atoms with E-state index in [1.165, 1.54) is 0 Å². The van der Waals surface area contributed by atoms with Crippen LogP contribution < -0.4 is 5.32 Å². The lowest BCUT2D eigenvalue weighted by molar-refractivity contribution is -0.130. The fourth-order valence-electron chi connectivity index (χ4n) is 2.98. The highest BCUT2D eigenvalue weighted by molar-refractivity contribution is 5.81. The van der Waals surface area contributed by atoms with Crippen molar-refractivity contribution in [3.8, 4) is 0 Å². The Morgan fingerprint density at radius 1 is 1.06 bits per heavy atom. The minimum Gasteiger partial charge on any atom is -0.347 e. The molecule has 1 N–H and O–H groups in total. The molecule has 1 rings (SSSR count). The summed E-state index contributed by atoms with van der Waals surface area (Å²) in [6, 6.07) is 0.375. The Hall–Kier alpha value is -0.570. The lowest BCUT2D eigenvalue weighted by atomic mass is 9.69. The van der Waals surface area contributed by atoms with Gasteiger partial charge in [0.15, 0.2) is 0 Å². The molecule has 0 aromatic carbocycles. The first-order valence-corrected chi connectivity index (χ1v) is 6.92. The lowest BCUT2D eigenvalue weighted by Gasteiger charge is -2.39. The minimum atomic E-state index is -0.0200. The average Bonchev–Trinajstić information content (AvgIpc) is 2.58. The second-order valence-corrected chi connectivity index (χ2v) is 8.00. The maximum atomic E-state index is 12.2. The Kier molecular flexibility index (Phi) is 4.16. The van der Waals surface area contributed by atoms with E-state index in [2.05, 4.69) is 46.9 Å². The van der Waals surface area contributed by atoms with Crippen LogP contribution in [-0.4, -0.2) is 37.0 Å². The van der Waals surface area contributed by atoms with Crippen LogP contribution in [-0.2, 0) is 4.79 Å². The summed E-state index contributed by atoms with van der Waals surface area (Å²) in [7, 11) is 3.67. The van der Waals surface area contributed by atoms with Gasteiger partial charge in [0.1, 0.15) is 0 Å². The third kappa shape index (κ3) is 3.25. The molecule has 0 bridgehead atoms. The van der Waals surface area contributed by atoms with Gasteiger partial charge in [-0.05, 0) is 23.2 Å². The largest absolute Gasteiger partial charge is 0.347 e. The fraction of sp³-hybridized carbons (Fsp3) is 0.933. The van der Waals surface area contributed by atoms with Crippen molar-refractivity contribution in [2.75, 3.05) is 14.1 Å². The number of likely N-dealkylation sites (N-methyl/N-ethyl adjacent to an activating group) is 1. The van der Waals surface area contributed by atoms with Crippen LogP contribution in [0.15, 0.2) is 0 Å². The van der Waals surface area contributed by atoms with Crippen LogP contribution >= 0.6 is 0 Å². The molecule has 3 nitrogen and oxygen atoms in total. The van der Waals surface area contributed by atoms with Crippen molar-refractivity contribution in [2.24, 2.45) is 16.7 Å². The molecule has 0 saturated carbocycles. The highest BCUT2D eigenvalue weighted by Gasteiger charge is 2.47. The molecule has 1 aliphatic heterocycles. The van der Waals surface area contributed by atoms with Crippen molar-refractivity contribution < 1.29 is 4.79 Å². The molecule has 3 unspecified atom stereocenters. The SMILES string of the molecule is CN(C)C(=O)C1CC(C(C)(C)C)C(C(C)(C)C)N1. The van der Waals surface area contributed by atoms with Crippen molar-refractivity contribution >= 4 is 5.91 Å². The van der Waals surface area contributed by atoms with E-state index in [1.807, 2.05) is 14.1 Å². The number of carbonyl (C=O) groups excluding carboxylic acids is 1. The highest BCUT2D eigenvalue weighted by atomic mass is 16.2. The third-order valence-electron chi connectivity index (χ3n) is 4.06. The van der Waals surface area contributed by atoms with Gasteiger partial charge in [-0.2, -0.15) is 0 Å². The van der Waals surface area contributed by atoms with Crippen LogP contribution in [0.1, 0.15) is 48.0 Å². The summed E-state index contributed by atoms with van der Waals surface area (Å²) >= 11 is 0. The summed E-state index contributed by atoms with van der Waals surface area (Å²) in [4.78, 5) is 13.9. The van der Waals surface area contributed by atoms with Gasteiger partial charge in [-0.1, -0.05) is 41.5 Å². The van der Waals surface area contributed by atoms with Gasteiger partial charge in [0.05, 0.1) is 6.04 Å². The normalized spacial score (nSPS) is 29.4. The molecule has 0 aliphatic carbocycles. The first kappa shape index (κ1) is 15.5. The van der Waals surface area contributed by atoms with Crippen molar-refractivity contribution in [3.63, 3.8) is 0 Å². The summed E-state index contributed by atoms with van der Waals surface area (Å²) in [6.07, 6.45) is 0.947. The first-order chi connectivity index (χ1) is 7.94. The van der Waals surface area contributed by atoms with E-state index in [0.29, 0.717) is 12.0 Å². The number of nitrogens with one attached hydrogen (secondary N) is 1. The molecule has 0 aromatic heterocycles. The quantitative estimate of drug-likeness (QED) is 0.780. The van der Waals surface area contributed by atoms with Crippen LogP contribution in [0, 0.1) is 16.7 Å². The monoisotopic (exact) mass is 254 g/mol. The minimum absolute atomic E-state index is 0.0200. The van der Waals surface area contributed by atoms with E-state index < -0.39 is 0 Å². The Morgan fingerprint density at radius 2 is 1.56 bits per heavy atom. The molecule has 0 spiro atoms. The molecule has 106 valence electrons. The van der Waals surface area contributed by atoms with E-state index in [-0.39, 0.29) is 22.8 Å². The highest BCUT2D eigenvalue weighted by Crippen LogP contribution is 2.43. The number of amides is 1. The summed E-state index contributed by atoms with van der Waals surface area (Å²) < 4.78 is 0. The number of rotatable bonds is 1. The topological polar surface area (TPSA) is 32.3 Å². The molecular weight excluding hydrogens is 224 g/mol. The lowest BCUT2D eigenvalue weighted by Crippen LogP contribution is -2.47. The van der Waals surface area contributed by atoms with E-state index in [9.17, 15) is 4.79 Å². The molecular formula is C15H30N2O. The number of carbonyl (C=O) groups is 1. The maximum absolute atomic E-state index is 12.2. The smallest absolute Gasteiger partial charge is 0.239 e. The van der Waals surface area contributed by atoms with Gasteiger partial charge in [0, 0.05) is 20.1 Å². The molecule has 1 aliphatic rings. The molecule has 1 heterocycles. The van der Waals surface area contributed by atoms with Crippen molar-refractivity contribution in [2.45, 2.75) is 60.0 Å². The predicted octanol–water partition coefficient (Wildman–Crippen LogP) is 2.51. The molecule has 0 aromatic rings.